The van der Waals surface area contributed by atoms with Crippen LogP contribution in [-0.4, -0.2) is 37.1 Å². The molecule has 0 saturated heterocycles. The number of aromatic nitrogens is 4. The highest BCUT2D eigenvalue weighted by Gasteiger charge is 2.11. The van der Waals surface area contributed by atoms with Crippen LogP contribution in [0.4, 0.5) is 4.39 Å². The molecule has 142 valence electrons. The number of thiocarbonyl (C=S) groups is 1. The van der Waals surface area contributed by atoms with E-state index in [1.54, 1.807) is 0 Å². The molecule has 0 aliphatic carbocycles. The quantitative estimate of drug-likeness (QED) is 0.440. The number of hydrogen-bond donors (Lipinski definition) is 3. The lowest BCUT2D eigenvalue weighted by Gasteiger charge is -2.10. The van der Waals surface area contributed by atoms with Crippen molar-refractivity contribution in [1.29, 1.82) is 0 Å². The highest BCUT2D eigenvalue weighted by molar-refractivity contribution is 7.80. The van der Waals surface area contributed by atoms with E-state index in [0.29, 0.717) is 5.82 Å². The Morgan fingerprint density at radius 2 is 1.75 bits per heavy atom. The van der Waals surface area contributed by atoms with Gasteiger partial charge in [-0.2, -0.15) is 4.80 Å². The van der Waals surface area contributed by atoms with E-state index >= 15 is 0 Å². The van der Waals surface area contributed by atoms with Crippen molar-refractivity contribution in [2.45, 2.75) is 6.54 Å². The molecule has 0 aliphatic heterocycles. The van der Waals surface area contributed by atoms with E-state index in [4.69, 9.17) is 12.2 Å². The SMILES string of the molecule is O=C(Cn1nnc(-c2ccccc2)n1)NNC(=S)NC(=O)c1ccc(F)cc1. The first kappa shape index (κ1) is 19.0. The minimum atomic E-state index is -0.544. The van der Waals surface area contributed by atoms with Gasteiger partial charge in [-0.15, -0.1) is 10.2 Å². The number of hydrogen-bond acceptors (Lipinski definition) is 6. The Bertz CT molecular complexity index is 992. The van der Waals surface area contributed by atoms with Gasteiger partial charge in [0.25, 0.3) is 11.8 Å². The molecule has 0 unspecified atom stereocenters. The van der Waals surface area contributed by atoms with E-state index in [-0.39, 0.29) is 17.2 Å². The van der Waals surface area contributed by atoms with Crippen LogP contribution in [0.3, 0.4) is 0 Å². The van der Waals surface area contributed by atoms with Gasteiger partial charge in [0.2, 0.25) is 5.82 Å². The van der Waals surface area contributed by atoms with Gasteiger partial charge in [0.1, 0.15) is 12.4 Å². The fourth-order valence-electron chi connectivity index (χ4n) is 2.12. The molecule has 1 aromatic heterocycles. The van der Waals surface area contributed by atoms with Gasteiger partial charge in [0.15, 0.2) is 5.11 Å². The summed E-state index contributed by atoms with van der Waals surface area (Å²) in [5.74, 6) is -1.11. The Labute approximate surface area is 163 Å². The first-order valence-electron chi connectivity index (χ1n) is 8.00. The van der Waals surface area contributed by atoms with Gasteiger partial charge in [0, 0.05) is 11.1 Å². The number of carbonyl (C=O) groups excluding carboxylic acids is 2. The third kappa shape index (κ3) is 5.14. The lowest BCUT2D eigenvalue weighted by Crippen LogP contribution is -2.49. The van der Waals surface area contributed by atoms with Crippen LogP contribution < -0.4 is 16.2 Å². The number of tetrazole rings is 1. The summed E-state index contributed by atoms with van der Waals surface area (Å²) in [5.41, 5.74) is 5.70. The topological polar surface area (TPSA) is 114 Å². The summed E-state index contributed by atoms with van der Waals surface area (Å²) in [7, 11) is 0. The molecule has 0 atom stereocenters. The van der Waals surface area contributed by atoms with Gasteiger partial charge in [0.05, 0.1) is 0 Å². The Hall–Kier alpha value is -3.73. The Balaban J connectivity index is 1.46. The van der Waals surface area contributed by atoms with E-state index in [1.165, 1.54) is 12.1 Å². The second-order valence-electron chi connectivity index (χ2n) is 5.47. The highest BCUT2D eigenvalue weighted by Crippen LogP contribution is 2.11. The summed E-state index contributed by atoms with van der Waals surface area (Å²) in [6, 6.07) is 14.1. The average molecular weight is 399 g/mol. The van der Waals surface area contributed by atoms with E-state index in [9.17, 15) is 14.0 Å². The molecule has 9 nitrogen and oxygen atoms in total. The molecular formula is C17H14FN7O2S. The number of nitrogens with one attached hydrogen (secondary N) is 3. The molecule has 2 amide bonds. The largest absolute Gasteiger partial charge is 0.298 e. The molecule has 0 spiro atoms. The molecule has 28 heavy (non-hydrogen) atoms. The zero-order valence-corrected chi connectivity index (χ0v) is 15.1. The number of amides is 2. The minimum Gasteiger partial charge on any atom is -0.298 e. The van der Waals surface area contributed by atoms with Crippen molar-refractivity contribution >= 4 is 29.1 Å². The highest BCUT2D eigenvalue weighted by atomic mass is 32.1. The Kier molecular flexibility index (Phi) is 5.97. The van der Waals surface area contributed by atoms with Crippen molar-refractivity contribution in [1.82, 2.24) is 36.4 Å². The number of rotatable bonds is 4. The van der Waals surface area contributed by atoms with Crippen LogP contribution in [0.5, 0.6) is 0 Å². The van der Waals surface area contributed by atoms with Crippen LogP contribution in [0.25, 0.3) is 11.4 Å². The molecule has 1 heterocycles. The zero-order chi connectivity index (χ0) is 19.9. The maximum Gasteiger partial charge on any atom is 0.262 e. The predicted octanol–water partition coefficient (Wildman–Crippen LogP) is 0.815. The van der Waals surface area contributed by atoms with Crippen LogP contribution >= 0.6 is 12.2 Å². The van der Waals surface area contributed by atoms with Crippen molar-refractivity contribution in [3.63, 3.8) is 0 Å². The maximum absolute atomic E-state index is 12.9. The summed E-state index contributed by atoms with van der Waals surface area (Å²) < 4.78 is 12.9. The fourth-order valence-corrected chi connectivity index (χ4v) is 2.26. The molecule has 3 N–H and O–H groups in total. The number of carbonyl (C=O) groups is 2. The van der Waals surface area contributed by atoms with Crippen molar-refractivity contribution in [2.75, 3.05) is 0 Å². The normalized spacial score (nSPS) is 10.2. The van der Waals surface area contributed by atoms with Crippen molar-refractivity contribution in [3.05, 3.63) is 66.0 Å². The lowest BCUT2D eigenvalue weighted by molar-refractivity contribution is -0.122. The van der Waals surface area contributed by atoms with Crippen molar-refractivity contribution < 1.29 is 14.0 Å². The van der Waals surface area contributed by atoms with Crippen LogP contribution in [0.15, 0.2) is 54.6 Å². The van der Waals surface area contributed by atoms with Crippen LogP contribution in [0, 0.1) is 5.82 Å². The molecular weight excluding hydrogens is 385 g/mol. The third-order valence-corrected chi connectivity index (χ3v) is 3.62. The number of hydrazine groups is 1. The molecule has 2 aromatic carbocycles. The summed E-state index contributed by atoms with van der Waals surface area (Å²) in [4.78, 5) is 25.0. The van der Waals surface area contributed by atoms with Gasteiger partial charge in [-0.25, -0.2) is 4.39 Å². The third-order valence-electron chi connectivity index (χ3n) is 3.42. The second-order valence-corrected chi connectivity index (χ2v) is 5.88. The van der Waals surface area contributed by atoms with E-state index in [1.807, 2.05) is 30.3 Å². The van der Waals surface area contributed by atoms with Gasteiger partial charge < -0.3 is 0 Å². The first-order valence-corrected chi connectivity index (χ1v) is 8.41. The maximum atomic E-state index is 12.9. The van der Waals surface area contributed by atoms with Crippen LogP contribution in [0.2, 0.25) is 0 Å². The molecule has 3 aromatic rings. The summed E-state index contributed by atoms with van der Waals surface area (Å²) in [6.07, 6.45) is 0. The van der Waals surface area contributed by atoms with Crippen LogP contribution in [0.1, 0.15) is 10.4 Å². The zero-order valence-electron chi connectivity index (χ0n) is 14.3. The average Bonchev–Trinajstić information content (AvgIpc) is 3.16. The monoisotopic (exact) mass is 399 g/mol. The second kappa shape index (κ2) is 8.77. The minimum absolute atomic E-state index is 0.126. The van der Waals surface area contributed by atoms with Crippen molar-refractivity contribution in [2.24, 2.45) is 0 Å². The summed E-state index contributed by atoms with van der Waals surface area (Å²) in [5, 5.41) is 14.0. The summed E-state index contributed by atoms with van der Waals surface area (Å²) >= 11 is 4.92. The molecule has 11 heteroatoms. The number of halogens is 1. The molecule has 3 rings (SSSR count). The van der Waals surface area contributed by atoms with E-state index in [2.05, 4.69) is 31.6 Å². The standard InChI is InChI=1S/C17H14FN7O2S/c18-13-8-6-12(7-9-13)16(27)19-17(28)22-20-14(26)10-25-23-15(21-24-25)11-4-2-1-3-5-11/h1-9H,10H2,(H,20,26)(H2,19,22,27,28). The van der Waals surface area contributed by atoms with Gasteiger partial charge in [-0.3, -0.25) is 25.8 Å². The summed E-state index contributed by atoms with van der Waals surface area (Å²) in [6.45, 7) is -0.207. The molecule has 0 aliphatic rings. The van der Waals surface area contributed by atoms with E-state index < -0.39 is 17.6 Å². The molecule has 0 fully saturated rings. The van der Waals surface area contributed by atoms with Crippen LogP contribution in [-0.2, 0) is 11.3 Å². The molecule has 0 saturated carbocycles. The van der Waals surface area contributed by atoms with E-state index in [0.717, 1.165) is 22.5 Å². The Morgan fingerprint density at radius 3 is 2.46 bits per heavy atom. The van der Waals surface area contributed by atoms with Crippen molar-refractivity contribution in [3.8, 4) is 11.4 Å². The number of benzene rings is 2. The molecule has 0 radical (unpaired) electrons. The first-order chi connectivity index (χ1) is 13.5. The predicted molar refractivity (Wildman–Crippen MR) is 101 cm³/mol. The number of nitrogens with zero attached hydrogens (tertiary/aromatic N) is 4. The Morgan fingerprint density at radius 1 is 1.04 bits per heavy atom. The smallest absolute Gasteiger partial charge is 0.262 e. The van der Waals surface area contributed by atoms with Gasteiger partial charge >= 0.3 is 0 Å². The van der Waals surface area contributed by atoms with Gasteiger partial charge in [-0.1, -0.05) is 30.3 Å². The fraction of sp³-hybridized carbons (Fsp3) is 0.0588. The lowest BCUT2D eigenvalue weighted by atomic mass is 10.2. The molecule has 0 bridgehead atoms. The van der Waals surface area contributed by atoms with Gasteiger partial charge in [-0.05, 0) is 41.7 Å².